The molecule has 1 aliphatic rings. The molecule has 1 amide bonds. The van der Waals surface area contributed by atoms with Crippen molar-refractivity contribution in [2.45, 2.75) is 39.7 Å². The summed E-state index contributed by atoms with van der Waals surface area (Å²) in [6.07, 6.45) is 1.41. The quantitative estimate of drug-likeness (QED) is 0.132. The molecular formula is C35H33ClN6O4. The summed E-state index contributed by atoms with van der Waals surface area (Å²) in [7, 11) is 0. The maximum Gasteiger partial charge on any atom is 0.338 e. The van der Waals surface area contributed by atoms with Crippen molar-refractivity contribution in [1.82, 2.24) is 20.4 Å². The molecular weight excluding hydrogens is 604 g/mol. The predicted octanol–water partition coefficient (Wildman–Crippen LogP) is 6.85. The van der Waals surface area contributed by atoms with Gasteiger partial charge in [-0.1, -0.05) is 53.6 Å². The van der Waals surface area contributed by atoms with E-state index in [-0.39, 0.29) is 12.5 Å². The van der Waals surface area contributed by atoms with Crippen LogP contribution in [0.2, 0.25) is 5.02 Å². The Hall–Kier alpha value is -5.22. The number of anilines is 1. The molecule has 234 valence electrons. The fraction of sp³-hybridized carbons (Fsp3) is 0.229. The first-order chi connectivity index (χ1) is 22.3. The number of unbranched alkanes of at least 4 members (excludes halogenated alkanes) is 1. The van der Waals surface area contributed by atoms with E-state index in [9.17, 15) is 9.59 Å². The number of carbonyl (C=O) groups is 2. The van der Waals surface area contributed by atoms with Gasteiger partial charge in [-0.15, -0.1) is 0 Å². The number of ether oxygens (including phenoxy) is 2. The van der Waals surface area contributed by atoms with E-state index in [1.807, 2.05) is 75.4 Å². The molecule has 1 unspecified atom stereocenters. The molecule has 1 aliphatic heterocycles. The second kappa shape index (κ2) is 13.4. The third-order valence-electron chi connectivity index (χ3n) is 7.52. The van der Waals surface area contributed by atoms with Crippen molar-refractivity contribution in [2.24, 2.45) is 4.99 Å². The number of benzene rings is 4. The number of rotatable bonds is 10. The number of nitrogens with one attached hydrogen (secondary N) is 1. The molecule has 1 saturated heterocycles. The van der Waals surface area contributed by atoms with Crippen molar-refractivity contribution in [3.8, 4) is 5.75 Å². The molecule has 1 atom stereocenters. The number of fused-ring (bicyclic) bond motifs is 1. The number of halogens is 1. The number of aromatic nitrogens is 3. The zero-order valence-corrected chi connectivity index (χ0v) is 26.5. The van der Waals surface area contributed by atoms with Gasteiger partial charge in [0.1, 0.15) is 16.8 Å². The Morgan fingerprint density at radius 2 is 1.63 bits per heavy atom. The lowest BCUT2D eigenvalue weighted by Gasteiger charge is -2.15. The molecule has 2 heterocycles. The monoisotopic (exact) mass is 636 g/mol. The summed E-state index contributed by atoms with van der Waals surface area (Å²) in [5.74, 6) is 0.388. The molecule has 11 heteroatoms. The van der Waals surface area contributed by atoms with Gasteiger partial charge < -0.3 is 9.47 Å². The van der Waals surface area contributed by atoms with Crippen molar-refractivity contribution in [3.63, 3.8) is 0 Å². The molecule has 6 rings (SSSR count). The van der Waals surface area contributed by atoms with Crippen LogP contribution in [-0.4, -0.2) is 45.9 Å². The van der Waals surface area contributed by atoms with E-state index in [2.05, 4.69) is 21.7 Å². The summed E-state index contributed by atoms with van der Waals surface area (Å²) in [5.41, 5.74) is 8.82. The first-order valence-electron chi connectivity index (χ1n) is 15.0. The van der Waals surface area contributed by atoms with Crippen LogP contribution >= 0.6 is 11.6 Å². The van der Waals surface area contributed by atoms with Gasteiger partial charge in [0.05, 0.1) is 35.2 Å². The number of para-hydroxylation sites is 1. The summed E-state index contributed by atoms with van der Waals surface area (Å²) < 4.78 is 11.4. The first kappa shape index (κ1) is 30.8. The van der Waals surface area contributed by atoms with Gasteiger partial charge in [0.2, 0.25) is 6.04 Å². The zero-order chi connectivity index (χ0) is 32.2. The van der Waals surface area contributed by atoms with Crippen molar-refractivity contribution in [3.05, 3.63) is 112 Å². The molecule has 1 N–H and O–H groups in total. The average molecular weight is 637 g/mol. The van der Waals surface area contributed by atoms with Crippen molar-refractivity contribution < 1.29 is 19.1 Å². The minimum absolute atomic E-state index is 0.263. The van der Waals surface area contributed by atoms with Crippen molar-refractivity contribution in [2.75, 3.05) is 18.2 Å². The van der Waals surface area contributed by atoms with Crippen LogP contribution in [0.25, 0.3) is 11.0 Å². The average Bonchev–Trinajstić information content (AvgIpc) is 3.61. The highest BCUT2D eigenvalue weighted by atomic mass is 35.5. The van der Waals surface area contributed by atoms with Gasteiger partial charge in [0.25, 0.3) is 5.91 Å². The number of aryl methyl sites for hydroxylation is 3. The van der Waals surface area contributed by atoms with Gasteiger partial charge in [-0.3, -0.25) is 10.2 Å². The Labute approximate surface area is 271 Å². The number of aliphatic imine (C=N–C) groups is 1. The standard InChI is InChI=1S/C35H33ClN6O4/c1-22-12-16-31(24(3)19-22)45-17-7-8-18-46-35(44)25-13-15-28-30(21-25)39-42(38-28)32-33(37-29-20-23(2)11-14-27(29)36)40-41(34(32)43)26-9-5-4-6-10-26/h4-6,9-16,19-21,32H,7-8,17-18H2,1-3H3,(H,37,40). The minimum atomic E-state index is -0.995. The Morgan fingerprint density at radius 3 is 2.43 bits per heavy atom. The number of amidine groups is 1. The minimum Gasteiger partial charge on any atom is -0.493 e. The van der Waals surface area contributed by atoms with Crippen LogP contribution in [0, 0.1) is 20.8 Å². The van der Waals surface area contributed by atoms with E-state index >= 15 is 0 Å². The summed E-state index contributed by atoms with van der Waals surface area (Å²) in [6, 6.07) is 24.7. The number of amides is 1. The highest BCUT2D eigenvalue weighted by Crippen LogP contribution is 2.30. The van der Waals surface area contributed by atoms with Gasteiger partial charge in [0, 0.05) is 0 Å². The van der Waals surface area contributed by atoms with E-state index < -0.39 is 12.0 Å². The molecule has 0 bridgehead atoms. The molecule has 4 aromatic carbocycles. The van der Waals surface area contributed by atoms with E-state index in [0.717, 1.165) is 23.3 Å². The maximum absolute atomic E-state index is 13.8. The lowest BCUT2D eigenvalue weighted by molar-refractivity contribution is -0.119. The van der Waals surface area contributed by atoms with Crippen LogP contribution in [0.3, 0.4) is 0 Å². The lowest BCUT2D eigenvalue weighted by atomic mass is 10.1. The molecule has 1 fully saturated rings. The number of carbonyl (C=O) groups excluding carboxylic acids is 2. The number of hydrogen-bond acceptors (Lipinski definition) is 7. The molecule has 0 saturated carbocycles. The van der Waals surface area contributed by atoms with Crippen LogP contribution in [-0.2, 0) is 9.53 Å². The van der Waals surface area contributed by atoms with Crippen molar-refractivity contribution >= 4 is 51.7 Å². The molecule has 0 radical (unpaired) electrons. The second-order valence-corrected chi connectivity index (χ2v) is 11.6. The van der Waals surface area contributed by atoms with Gasteiger partial charge >= 0.3 is 5.97 Å². The maximum atomic E-state index is 13.8. The van der Waals surface area contributed by atoms with Crippen LogP contribution in [0.4, 0.5) is 11.4 Å². The number of nitrogens with zero attached hydrogens (tertiary/aromatic N) is 5. The number of esters is 1. The molecule has 0 spiro atoms. The zero-order valence-electron chi connectivity index (χ0n) is 25.7. The number of hydrazine groups is 1. The molecule has 1 aromatic heterocycles. The Balaban J connectivity index is 1.16. The van der Waals surface area contributed by atoms with Crippen LogP contribution in [0.5, 0.6) is 5.75 Å². The fourth-order valence-electron chi connectivity index (χ4n) is 5.14. The van der Waals surface area contributed by atoms with E-state index in [1.165, 1.54) is 15.4 Å². The van der Waals surface area contributed by atoms with E-state index in [4.69, 9.17) is 26.1 Å². The highest BCUT2D eigenvalue weighted by molar-refractivity contribution is 6.33. The summed E-state index contributed by atoms with van der Waals surface area (Å²) in [6.45, 7) is 6.81. The summed E-state index contributed by atoms with van der Waals surface area (Å²) in [4.78, 5) is 32.7. The molecule has 5 aromatic rings. The molecule has 46 heavy (non-hydrogen) atoms. The smallest absolute Gasteiger partial charge is 0.338 e. The first-order valence-corrected chi connectivity index (χ1v) is 15.4. The van der Waals surface area contributed by atoms with Crippen molar-refractivity contribution in [1.29, 1.82) is 0 Å². The summed E-state index contributed by atoms with van der Waals surface area (Å²) >= 11 is 6.44. The summed E-state index contributed by atoms with van der Waals surface area (Å²) in [5, 5.41) is 11.0. The second-order valence-electron chi connectivity index (χ2n) is 11.2. The third kappa shape index (κ3) is 6.72. The van der Waals surface area contributed by atoms with Crippen LogP contribution < -0.4 is 15.2 Å². The van der Waals surface area contributed by atoms with E-state index in [1.54, 1.807) is 24.3 Å². The molecule has 10 nitrogen and oxygen atoms in total. The van der Waals surface area contributed by atoms with Gasteiger partial charge in [-0.25, -0.2) is 14.8 Å². The SMILES string of the molecule is Cc1ccc(OCCCCOC(=O)c2ccc3nn(C4C(=O)N(c5ccccc5)NC4=Nc4cc(C)ccc4Cl)nc3c2)c(C)c1. The Bertz CT molecular complexity index is 1940. The Kier molecular flexibility index (Phi) is 8.98. The van der Waals surface area contributed by atoms with Gasteiger partial charge in [-0.05, 0) is 93.3 Å². The number of hydrogen-bond donors (Lipinski definition) is 1. The van der Waals surface area contributed by atoms with E-state index in [0.29, 0.717) is 51.9 Å². The van der Waals surface area contributed by atoms with Crippen LogP contribution in [0.1, 0.15) is 45.9 Å². The topological polar surface area (TPSA) is 111 Å². The fourth-order valence-corrected chi connectivity index (χ4v) is 5.30. The van der Waals surface area contributed by atoms with Gasteiger partial charge in [0.15, 0.2) is 5.84 Å². The largest absolute Gasteiger partial charge is 0.493 e. The Morgan fingerprint density at radius 1 is 0.891 bits per heavy atom. The normalized spacial score (nSPS) is 15.4. The van der Waals surface area contributed by atoms with Gasteiger partial charge in [-0.2, -0.15) is 15.0 Å². The predicted molar refractivity (Wildman–Crippen MR) is 178 cm³/mol. The molecule has 0 aliphatic carbocycles. The van der Waals surface area contributed by atoms with Crippen LogP contribution in [0.15, 0.2) is 89.9 Å². The highest BCUT2D eigenvalue weighted by Gasteiger charge is 2.41. The lowest BCUT2D eigenvalue weighted by Crippen LogP contribution is -2.35. The third-order valence-corrected chi connectivity index (χ3v) is 7.84.